The molecule has 6 nitrogen and oxygen atoms in total. The molecule has 1 N–H and O–H groups in total. The van der Waals surface area contributed by atoms with E-state index in [1.807, 2.05) is 60.7 Å². The molecule has 0 unspecified atom stereocenters. The third-order valence-corrected chi connectivity index (χ3v) is 4.51. The predicted octanol–water partition coefficient (Wildman–Crippen LogP) is 3.30. The quantitative estimate of drug-likeness (QED) is 0.572. The second-order valence-electron chi connectivity index (χ2n) is 6.23. The first kappa shape index (κ1) is 15.4. The minimum absolute atomic E-state index is 0.292. The molecule has 1 saturated carbocycles. The molecule has 1 aromatic heterocycles. The first-order valence-corrected chi connectivity index (χ1v) is 8.11. The van der Waals surface area contributed by atoms with Crippen LogP contribution in [0.4, 0.5) is 0 Å². The number of benzene rings is 2. The van der Waals surface area contributed by atoms with Crippen LogP contribution < -0.4 is 5.32 Å². The summed E-state index contributed by atoms with van der Waals surface area (Å²) in [6, 6.07) is 17.7. The smallest absolute Gasteiger partial charge is 0.231 e. The Morgan fingerprint density at radius 3 is 2.56 bits per heavy atom. The predicted molar refractivity (Wildman–Crippen MR) is 91.5 cm³/mol. The van der Waals surface area contributed by atoms with Gasteiger partial charge >= 0.3 is 0 Å². The van der Waals surface area contributed by atoms with Crippen molar-refractivity contribution in [2.45, 2.75) is 18.5 Å². The first-order valence-electron chi connectivity index (χ1n) is 8.11. The fourth-order valence-corrected chi connectivity index (χ4v) is 3.05. The van der Waals surface area contributed by atoms with E-state index in [0.717, 1.165) is 16.5 Å². The summed E-state index contributed by atoms with van der Waals surface area (Å²) in [7, 11) is 0. The van der Waals surface area contributed by atoms with Crippen molar-refractivity contribution in [2.24, 2.45) is 5.92 Å². The van der Waals surface area contributed by atoms with E-state index in [1.165, 1.54) is 0 Å². The summed E-state index contributed by atoms with van der Waals surface area (Å²) < 4.78 is 5.91. The normalized spacial score (nSPS) is 20.2. The van der Waals surface area contributed by atoms with Crippen LogP contribution in [0.2, 0.25) is 0 Å². The molecule has 1 aliphatic rings. The van der Waals surface area contributed by atoms with E-state index < -0.39 is 18.0 Å². The number of nitrogens with one attached hydrogen (secondary N) is 1. The van der Waals surface area contributed by atoms with Gasteiger partial charge in [-0.25, -0.2) is 0 Å². The van der Waals surface area contributed by atoms with Crippen molar-refractivity contribution >= 4 is 16.9 Å². The Morgan fingerprint density at radius 2 is 1.88 bits per heavy atom. The third kappa shape index (κ3) is 2.98. The Bertz CT molecular complexity index is 902. The molecule has 126 valence electrons. The molecular weight excluding hydrogens is 320 g/mol. The Labute approximate surface area is 143 Å². The van der Waals surface area contributed by atoms with Crippen LogP contribution in [0.15, 0.2) is 65.1 Å². The molecular formula is C19H16N2O4. The number of carbonyl (C=O) groups is 1. The van der Waals surface area contributed by atoms with Crippen LogP contribution in [0.1, 0.15) is 23.8 Å². The number of furan rings is 1. The standard InChI is InChI=1S/C19H16N2O4/c22-19(14-11-15(14)21(23)24)20-18(12-6-2-1-3-7-12)17-10-13-8-4-5-9-16(13)25-17/h1-10,14-15,18H,11H2,(H,20,22)/t14-,15+,18+/m0/s1. The monoisotopic (exact) mass is 336 g/mol. The highest BCUT2D eigenvalue weighted by Crippen LogP contribution is 2.35. The van der Waals surface area contributed by atoms with Gasteiger partial charge in [0.2, 0.25) is 11.9 Å². The van der Waals surface area contributed by atoms with E-state index >= 15 is 0 Å². The number of hydrogen-bond donors (Lipinski definition) is 1. The van der Waals surface area contributed by atoms with Gasteiger partial charge in [-0.15, -0.1) is 0 Å². The summed E-state index contributed by atoms with van der Waals surface area (Å²) in [5, 5.41) is 14.7. The van der Waals surface area contributed by atoms with Gasteiger partial charge in [0.05, 0.1) is 0 Å². The van der Waals surface area contributed by atoms with Crippen LogP contribution in [0.3, 0.4) is 0 Å². The molecule has 1 amide bonds. The largest absolute Gasteiger partial charge is 0.459 e. The van der Waals surface area contributed by atoms with Gasteiger partial charge < -0.3 is 9.73 Å². The van der Waals surface area contributed by atoms with Gasteiger partial charge in [-0.3, -0.25) is 14.9 Å². The number of nitrogens with zero attached hydrogens (tertiary/aromatic N) is 1. The van der Waals surface area contributed by atoms with Crippen LogP contribution in [0.25, 0.3) is 11.0 Å². The number of rotatable bonds is 5. The molecule has 4 rings (SSSR count). The molecule has 1 aliphatic carbocycles. The summed E-state index contributed by atoms with van der Waals surface area (Å²) in [5.74, 6) is -0.263. The molecule has 0 radical (unpaired) electrons. The maximum Gasteiger partial charge on any atom is 0.231 e. The molecule has 1 heterocycles. The lowest BCUT2D eigenvalue weighted by atomic mass is 10.0. The van der Waals surface area contributed by atoms with Crippen LogP contribution in [-0.4, -0.2) is 16.9 Å². The van der Waals surface area contributed by atoms with Crippen LogP contribution in [0, 0.1) is 16.0 Å². The zero-order valence-electron chi connectivity index (χ0n) is 13.3. The van der Waals surface area contributed by atoms with Gasteiger partial charge in [-0.05, 0) is 17.7 Å². The third-order valence-electron chi connectivity index (χ3n) is 4.51. The van der Waals surface area contributed by atoms with Crippen LogP contribution in [0.5, 0.6) is 0 Å². The summed E-state index contributed by atoms with van der Waals surface area (Å²) >= 11 is 0. The lowest BCUT2D eigenvalue weighted by molar-refractivity contribution is -0.497. The maximum absolute atomic E-state index is 12.4. The van der Waals surface area contributed by atoms with E-state index in [2.05, 4.69) is 5.32 Å². The molecule has 0 aliphatic heterocycles. The highest BCUT2D eigenvalue weighted by Gasteiger charge is 2.53. The van der Waals surface area contributed by atoms with Crippen LogP contribution in [-0.2, 0) is 4.79 Å². The average Bonchev–Trinajstić information content (AvgIpc) is 3.33. The van der Waals surface area contributed by atoms with Crippen molar-refractivity contribution in [1.29, 1.82) is 0 Å². The van der Waals surface area contributed by atoms with Crippen molar-refractivity contribution in [3.8, 4) is 0 Å². The molecule has 25 heavy (non-hydrogen) atoms. The summed E-state index contributed by atoms with van der Waals surface area (Å²) in [4.78, 5) is 22.9. The SMILES string of the molecule is O=C(N[C@H](c1ccccc1)c1cc2ccccc2o1)[C@H]1C[C@H]1[N+](=O)[O-]. The molecule has 0 spiro atoms. The van der Waals surface area contributed by atoms with E-state index in [9.17, 15) is 14.9 Å². The maximum atomic E-state index is 12.4. The molecule has 3 atom stereocenters. The second-order valence-corrected chi connectivity index (χ2v) is 6.23. The van der Waals surface area contributed by atoms with Crippen molar-refractivity contribution in [2.75, 3.05) is 0 Å². The Kier molecular flexibility index (Phi) is 3.72. The summed E-state index contributed by atoms with van der Waals surface area (Å²) in [6.45, 7) is 0. The Balaban J connectivity index is 1.65. The molecule has 1 fully saturated rings. The number of nitro groups is 1. The summed E-state index contributed by atoms with van der Waals surface area (Å²) in [5.41, 5.74) is 1.61. The fourth-order valence-electron chi connectivity index (χ4n) is 3.05. The highest BCUT2D eigenvalue weighted by atomic mass is 16.6. The van der Waals surface area contributed by atoms with Gasteiger partial charge in [-0.2, -0.15) is 0 Å². The van der Waals surface area contributed by atoms with Gasteiger partial charge in [0, 0.05) is 16.7 Å². The van der Waals surface area contributed by atoms with Gasteiger partial charge in [0.25, 0.3) is 0 Å². The zero-order valence-corrected chi connectivity index (χ0v) is 13.3. The summed E-state index contributed by atoms with van der Waals surface area (Å²) in [6.07, 6.45) is 0.292. The highest BCUT2D eigenvalue weighted by molar-refractivity contribution is 5.83. The minimum atomic E-state index is -0.771. The number of fused-ring (bicyclic) bond motifs is 1. The van der Waals surface area contributed by atoms with Crippen molar-refractivity contribution < 1.29 is 14.1 Å². The lowest BCUT2D eigenvalue weighted by Crippen LogP contribution is -2.31. The van der Waals surface area contributed by atoms with E-state index in [4.69, 9.17) is 4.42 Å². The molecule has 3 aromatic rings. The number of hydrogen-bond acceptors (Lipinski definition) is 4. The van der Waals surface area contributed by atoms with Gasteiger partial charge in [0.1, 0.15) is 23.3 Å². The van der Waals surface area contributed by atoms with Crippen molar-refractivity contribution in [1.82, 2.24) is 5.32 Å². The Morgan fingerprint density at radius 1 is 1.16 bits per heavy atom. The second kappa shape index (κ2) is 6.05. The molecule has 6 heteroatoms. The molecule has 2 aromatic carbocycles. The van der Waals surface area contributed by atoms with Gasteiger partial charge in [0.15, 0.2) is 0 Å². The number of para-hydroxylation sites is 1. The number of carbonyl (C=O) groups excluding carboxylic acids is 1. The van der Waals surface area contributed by atoms with E-state index in [0.29, 0.717) is 12.2 Å². The van der Waals surface area contributed by atoms with Crippen molar-refractivity contribution in [3.63, 3.8) is 0 Å². The van der Waals surface area contributed by atoms with Crippen LogP contribution >= 0.6 is 0 Å². The van der Waals surface area contributed by atoms with E-state index in [1.54, 1.807) is 0 Å². The zero-order chi connectivity index (χ0) is 17.4. The molecule has 0 saturated heterocycles. The van der Waals surface area contributed by atoms with Gasteiger partial charge in [-0.1, -0.05) is 48.5 Å². The fraction of sp³-hybridized carbons (Fsp3) is 0.211. The van der Waals surface area contributed by atoms with E-state index in [-0.39, 0.29) is 10.8 Å². The minimum Gasteiger partial charge on any atom is -0.459 e. The molecule has 0 bridgehead atoms. The lowest BCUT2D eigenvalue weighted by Gasteiger charge is -2.17. The average molecular weight is 336 g/mol. The topological polar surface area (TPSA) is 85.4 Å². The number of amides is 1. The van der Waals surface area contributed by atoms with Crippen molar-refractivity contribution in [3.05, 3.63) is 82.1 Å². The first-order chi connectivity index (χ1) is 12.1. The Hall–Kier alpha value is -3.15.